The highest BCUT2D eigenvalue weighted by Crippen LogP contribution is 2.48. The Morgan fingerprint density at radius 3 is 2.67 bits per heavy atom. The predicted molar refractivity (Wildman–Crippen MR) is 172 cm³/mol. The summed E-state index contributed by atoms with van der Waals surface area (Å²) in [6.07, 6.45) is 2.98. The molecular weight excluding hydrogens is 619 g/mol. The van der Waals surface area contributed by atoms with E-state index in [-0.39, 0.29) is 24.5 Å². The number of aromatic nitrogens is 3. The van der Waals surface area contributed by atoms with Gasteiger partial charge in [0.1, 0.15) is 46.5 Å². The van der Waals surface area contributed by atoms with Gasteiger partial charge in [0.15, 0.2) is 0 Å². The number of fused-ring (bicyclic) bond motifs is 2. The molecule has 0 amide bonds. The molecule has 0 saturated heterocycles. The van der Waals surface area contributed by atoms with Crippen molar-refractivity contribution in [2.45, 2.75) is 38.6 Å². The fourth-order valence-electron chi connectivity index (χ4n) is 5.36. The van der Waals surface area contributed by atoms with Gasteiger partial charge in [0.05, 0.1) is 29.3 Å². The molecule has 4 aromatic heterocycles. The minimum Gasteiger partial charge on any atom is -0.490 e. The molecule has 0 aliphatic carbocycles. The molecule has 1 unspecified atom stereocenters. The van der Waals surface area contributed by atoms with Crippen LogP contribution in [-0.2, 0) is 23.3 Å². The first-order valence-electron chi connectivity index (χ1n) is 14.3. The number of ether oxygens (including phenoxy) is 2. The second-order valence-electron chi connectivity index (χ2n) is 11.2. The Bertz CT molecular complexity index is 1870. The number of pyridine rings is 2. The van der Waals surface area contributed by atoms with Gasteiger partial charge in [0.25, 0.3) is 0 Å². The van der Waals surface area contributed by atoms with Gasteiger partial charge in [-0.1, -0.05) is 6.58 Å². The lowest BCUT2D eigenvalue weighted by Crippen LogP contribution is -2.37. The number of hydrogen-bond acceptors (Lipinski definition) is 10. The lowest BCUT2D eigenvalue weighted by Gasteiger charge is -2.28. The van der Waals surface area contributed by atoms with Crippen molar-refractivity contribution in [2.24, 2.45) is 0 Å². The molecule has 5 aromatic rings. The number of rotatable bonds is 10. The largest absolute Gasteiger partial charge is 0.490 e. The Morgan fingerprint density at radius 2 is 1.96 bits per heavy atom. The lowest BCUT2D eigenvalue weighted by atomic mass is 9.97. The maximum Gasteiger partial charge on any atom is 0.143 e. The summed E-state index contributed by atoms with van der Waals surface area (Å²) in [5.74, 6) is -1.51. The van der Waals surface area contributed by atoms with Crippen molar-refractivity contribution >= 4 is 32.8 Å². The highest BCUT2D eigenvalue weighted by atomic mass is 32.1. The lowest BCUT2D eigenvalue weighted by molar-refractivity contribution is 0.0325. The Labute approximate surface area is 267 Å². The molecule has 234 valence electrons. The Balaban J connectivity index is 1.60. The number of nitrogens with zero attached hydrogens (tertiary/aromatic N) is 4. The third kappa shape index (κ3) is 6.14. The van der Waals surface area contributed by atoms with E-state index in [2.05, 4.69) is 11.6 Å². The van der Waals surface area contributed by atoms with Crippen molar-refractivity contribution in [1.29, 1.82) is 0 Å². The minimum absolute atomic E-state index is 0.0350. The fourth-order valence-corrected chi connectivity index (χ4v) is 7.44. The van der Waals surface area contributed by atoms with Crippen molar-refractivity contribution in [2.75, 3.05) is 26.9 Å². The first-order valence-corrected chi connectivity index (χ1v) is 16.0. The molecule has 0 fully saturated rings. The van der Waals surface area contributed by atoms with Crippen LogP contribution in [0, 0.1) is 11.6 Å². The molecule has 0 bridgehead atoms. The average Bonchev–Trinajstić information content (AvgIpc) is 3.67. The zero-order valence-corrected chi connectivity index (χ0v) is 26.6. The molecule has 1 aromatic carbocycles. The zero-order chi connectivity index (χ0) is 31.9. The predicted octanol–water partition coefficient (Wildman–Crippen LogP) is 6.54. The van der Waals surface area contributed by atoms with Crippen LogP contribution >= 0.6 is 22.7 Å². The van der Waals surface area contributed by atoms with Gasteiger partial charge in [0, 0.05) is 71.0 Å². The number of halogens is 2. The van der Waals surface area contributed by atoms with Crippen molar-refractivity contribution in [1.82, 2.24) is 19.9 Å². The molecule has 6 rings (SSSR count). The van der Waals surface area contributed by atoms with E-state index < -0.39 is 23.5 Å². The minimum atomic E-state index is -1.12. The van der Waals surface area contributed by atoms with E-state index in [0.717, 1.165) is 26.7 Å². The smallest absolute Gasteiger partial charge is 0.143 e. The maximum absolute atomic E-state index is 16.0. The van der Waals surface area contributed by atoms with E-state index in [0.29, 0.717) is 52.7 Å². The zero-order valence-electron chi connectivity index (χ0n) is 25.0. The summed E-state index contributed by atoms with van der Waals surface area (Å²) in [6.45, 7) is 8.44. The Kier molecular flexibility index (Phi) is 8.79. The van der Waals surface area contributed by atoms with Gasteiger partial charge in [-0.05, 0) is 43.5 Å². The van der Waals surface area contributed by atoms with Crippen LogP contribution in [0.15, 0.2) is 54.6 Å². The summed E-state index contributed by atoms with van der Waals surface area (Å²) in [5, 5.41) is 24.1. The molecule has 1 atom stereocenters. The summed E-state index contributed by atoms with van der Waals surface area (Å²) >= 11 is 2.83. The van der Waals surface area contributed by atoms with Gasteiger partial charge in [-0.25, -0.2) is 18.7 Å². The topological polar surface area (TPSA) is 101 Å². The second kappa shape index (κ2) is 12.6. The van der Waals surface area contributed by atoms with E-state index in [4.69, 9.17) is 19.4 Å². The van der Waals surface area contributed by atoms with Crippen LogP contribution in [0.2, 0.25) is 0 Å². The van der Waals surface area contributed by atoms with Crippen molar-refractivity contribution in [3.05, 3.63) is 82.5 Å². The van der Waals surface area contributed by atoms with Gasteiger partial charge < -0.3 is 19.7 Å². The monoisotopic (exact) mass is 650 g/mol. The molecule has 12 heteroatoms. The summed E-state index contributed by atoms with van der Waals surface area (Å²) in [4.78, 5) is 17.5. The van der Waals surface area contributed by atoms with Crippen molar-refractivity contribution in [3.8, 4) is 38.8 Å². The van der Waals surface area contributed by atoms with Gasteiger partial charge >= 0.3 is 0 Å². The van der Waals surface area contributed by atoms with Crippen LogP contribution in [0.5, 0.6) is 5.75 Å². The third-order valence-electron chi connectivity index (χ3n) is 7.63. The van der Waals surface area contributed by atoms with Crippen LogP contribution < -0.4 is 4.74 Å². The SMILES string of the molecule is C=CC(O)N1CCc2nc(-c3nc(-c4ccc(C(C)(C)O)nc4)c4ccsc4c3-c3c(F)cc(F)cc3OCCOC)sc2C1. The molecule has 0 spiro atoms. The van der Waals surface area contributed by atoms with Gasteiger partial charge in [-0.3, -0.25) is 9.88 Å². The van der Waals surface area contributed by atoms with Crippen LogP contribution in [0.1, 0.15) is 30.1 Å². The third-order valence-corrected chi connectivity index (χ3v) is 9.65. The quantitative estimate of drug-likeness (QED) is 0.130. The molecule has 1 aliphatic heterocycles. The van der Waals surface area contributed by atoms with Gasteiger partial charge in [0.2, 0.25) is 0 Å². The number of hydrogen-bond donors (Lipinski definition) is 2. The summed E-state index contributed by atoms with van der Waals surface area (Å²) in [6, 6.07) is 7.53. The average molecular weight is 651 g/mol. The Hall–Kier alpha value is -3.65. The normalized spacial score (nSPS) is 14.5. The fraction of sp³-hybridized carbons (Fsp3) is 0.303. The van der Waals surface area contributed by atoms with Crippen molar-refractivity contribution < 1.29 is 28.5 Å². The summed E-state index contributed by atoms with van der Waals surface area (Å²) in [7, 11) is 1.52. The van der Waals surface area contributed by atoms with Crippen LogP contribution in [0.4, 0.5) is 8.78 Å². The van der Waals surface area contributed by atoms with Gasteiger partial charge in [-0.15, -0.1) is 22.7 Å². The second-order valence-corrected chi connectivity index (χ2v) is 13.2. The first kappa shape index (κ1) is 31.3. The molecule has 45 heavy (non-hydrogen) atoms. The maximum atomic E-state index is 16.0. The first-order chi connectivity index (χ1) is 21.6. The van der Waals surface area contributed by atoms with Gasteiger partial charge in [-0.2, -0.15) is 0 Å². The number of methoxy groups -OCH3 is 1. The number of thiophene rings is 1. The molecular formula is C33H32F2N4O4S2. The molecule has 5 heterocycles. The Morgan fingerprint density at radius 1 is 1.13 bits per heavy atom. The summed E-state index contributed by atoms with van der Waals surface area (Å²) < 4.78 is 42.2. The van der Waals surface area contributed by atoms with Crippen molar-refractivity contribution in [3.63, 3.8) is 0 Å². The molecule has 0 saturated carbocycles. The van der Waals surface area contributed by atoms with Crippen LogP contribution in [-0.4, -0.2) is 63.2 Å². The number of benzene rings is 1. The number of aliphatic hydroxyl groups is 2. The van der Waals surface area contributed by atoms with E-state index >= 15 is 4.39 Å². The number of aliphatic hydroxyl groups excluding tert-OH is 1. The molecule has 0 radical (unpaired) electrons. The van der Waals surface area contributed by atoms with Crippen LogP contribution in [0.25, 0.3) is 43.2 Å². The van der Waals surface area contributed by atoms with Crippen LogP contribution in [0.3, 0.4) is 0 Å². The van der Waals surface area contributed by atoms with E-state index in [1.807, 2.05) is 22.4 Å². The summed E-state index contributed by atoms with van der Waals surface area (Å²) in [5.41, 5.74) is 2.54. The molecule has 2 N–H and O–H groups in total. The van der Waals surface area contributed by atoms with E-state index in [9.17, 15) is 14.6 Å². The molecule has 1 aliphatic rings. The number of thiazole rings is 1. The highest BCUT2D eigenvalue weighted by Gasteiger charge is 2.30. The van der Waals surface area contributed by atoms with E-state index in [1.165, 1.54) is 41.9 Å². The highest BCUT2D eigenvalue weighted by molar-refractivity contribution is 7.18. The standard InChI is InChI=1S/C33H32F2N4O4S2/c1-5-26(40)39-10-8-22-24(17-39)45-32(37-22)30-28(27-21(35)14-19(34)15-23(27)43-12-11-42-4)31-20(9-13-44-31)29(38-30)18-6-7-25(36-16-18)33(2,3)41/h5-7,9,13-16,26,40-41H,1,8,10-12,17H2,2-4H3. The molecule has 8 nitrogen and oxygen atoms in total. The van der Waals surface area contributed by atoms with E-state index in [1.54, 1.807) is 26.1 Å².